The molecule has 0 atom stereocenters. The summed E-state index contributed by atoms with van der Waals surface area (Å²) < 4.78 is 11.2. The zero-order valence-electron chi connectivity index (χ0n) is 9.44. The summed E-state index contributed by atoms with van der Waals surface area (Å²) in [6, 6.07) is 7.62. The third-order valence-corrected chi connectivity index (χ3v) is 3.06. The maximum Gasteiger partial charge on any atom is 0.138 e. The Morgan fingerprint density at radius 3 is 2.88 bits per heavy atom. The molecule has 0 amide bonds. The van der Waals surface area contributed by atoms with Crippen molar-refractivity contribution in [2.45, 2.75) is 6.42 Å². The van der Waals surface area contributed by atoms with Gasteiger partial charge in [0, 0.05) is 22.5 Å². The number of methoxy groups -OCH3 is 1. The molecule has 2 aromatic rings. The van der Waals surface area contributed by atoms with Crippen LogP contribution in [0.15, 0.2) is 33.3 Å². The van der Waals surface area contributed by atoms with Crippen LogP contribution in [0, 0.1) is 0 Å². The van der Waals surface area contributed by atoms with Crippen LogP contribution in [0.2, 0.25) is 0 Å². The molecule has 90 valence electrons. The van der Waals surface area contributed by atoms with E-state index in [0.717, 1.165) is 27.2 Å². The van der Waals surface area contributed by atoms with E-state index in [1.807, 2.05) is 24.3 Å². The van der Waals surface area contributed by atoms with Crippen LogP contribution in [0.5, 0.6) is 5.75 Å². The summed E-state index contributed by atoms with van der Waals surface area (Å²) in [7, 11) is 1.64. The van der Waals surface area contributed by atoms with Gasteiger partial charge in [0.15, 0.2) is 0 Å². The second kappa shape index (κ2) is 5.33. The number of hydrogen-bond donors (Lipinski definition) is 1. The first kappa shape index (κ1) is 12.1. The second-order valence-electron chi connectivity index (χ2n) is 3.56. The molecule has 0 saturated carbocycles. The largest absolute Gasteiger partial charge is 0.497 e. The number of benzene rings is 1. The lowest BCUT2D eigenvalue weighted by atomic mass is 10.1. The molecule has 0 spiro atoms. The van der Waals surface area contributed by atoms with Crippen molar-refractivity contribution in [3.63, 3.8) is 0 Å². The van der Waals surface area contributed by atoms with Gasteiger partial charge in [-0.15, -0.1) is 0 Å². The number of nitrogens with two attached hydrogens (primary N) is 1. The standard InChI is InChI=1S/C12H13BrN2O2/c1-16-8-2-3-10(11(13)6-8)12-7-9(4-5-14)17-15-12/h2-3,6-7H,4-5,14H2,1H3. The highest BCUT2D eigenvalue weighted by Crippen LogP contribution is 2.31. The molecule has 0 unspecified atom stereocenters. The predicted molar refractivity (Wildman–Crippen MR) is 68.9 cm³/mol. The molecular formula is C12H13BrN2O2. The first-order valence-corrected chi connectivity index (χ1v) is 6.03. The molecule has 17 heavy (non-hydrogen) atoms. The molecule has 0 aliphatic carbocycles. The van der Waals surface area contributed by atoms with Gasteiger partial charge in [0.25, 0.3) is 0 Å². The van der Waals surface area contributed by atoms with Crippen molar-refractivity contribution in [1.29, 1.82) is 0 Å². The smallest absolute Gasteiger partial charge is 0.138 e. The van der Waals surface area contributed by atoms with Crippen molar-refractivity contribution >= 4 is 15.9 Å². The number of hydrogen-bond acceptors (Lipinski definition) is 4. The monoisotopic (exact) mass is 296 g/mol. The van der Waals surface area contributed by atoms with Crippen molar-refractivity contribution in [3.8, 4) is 17.0 Å². The van der Waals surface area contributed by atoms with Gasteiger partial charge in [-0.25, -0.2) is 0 Å². The lowest BCUT2D eigenvalue weighted by Crippen LogP contribution is -2.01. The first-order valence-electron chi connectivity index (χ1n) is 5.24. The van der Waals surface area contributed by atoms with Crippen LogP contribution in [0.4, 0.5) is 0 Å². The molecule has 1 aromatic carbocycles. The van der Waals surface area contributed by atoms with Crippen LogP contribution in [0.25, 0.3) is 11.3 Å². The van der Waals surface area contributed by atoms with Gasteiger partial charge in [0.2, 0.25) is 0 Å². The van der Waals surface area contributed by atoms with E-state index in [2.05, 4.69) is 21.1 Å². The minimum absolute atomic E-state index is 0.554. The Kier molecular flexibility index (Phi) is 3.81. The molecular weight excluding hydrogens is 284 g/mol. The minimum atomic E-state index is 0.554. The number of rotatable bonds is 4. The summed E-state index contributed by atoms with van der Waals surface area (Å²) in [6.07, 6.45) is 0.695. The summed E-state index contributed by atoms with van der Waals surface area (Å²) in [4.78, 5) is 0. The lowest BCUT2D eigenvalue weighted by molar-refractivity contribution is 0.386. The van der Waals surface area contributed by atoms with Crippen LogP contribution in [0.1, 0.15) is 5.76 Å². The van der Waals surface area contributed by atoms with Gasteiger partial charge in [0.05, 0.1) is 7.11 Å². The Labute approximate surface area is 108 Å². The molecule has 0 radical (unpaired) electrons. The highest BCUT2D eigenvalue weighted by atomic mass is 79.9. The lowest BCUT2D eigenvalue weighted by Gasteiger charge is -2.03. The van der Waals surface area contributed by atoms with Crippen LogP contribution in [-0.2, 0) is 6.42 Å². The number of halogens is 1. The van der Waals surface area contributed by atoms with Crippen molar-refractivity contribution in [2.24, 2.45) is 5.73 Å². The van der Waals surface area contributed by atoms with Gasteiger partial charge in [-0.3, -0.25) is 0 Å². The first-order chi connectivity index (χ1) is 8.24. The van der Waals surface area contributed by atoms with Gasteiger partial charge in [-0.1, -0.05) is 5.16 Å². The number of aromatic nitrogens is 1. The van der Waals surface area contributed by atoms with Crippen molar-refractivity contribution in [2.75, 3.05) is 13.7 Å². The van der Waals surface area contributed by atoms with E-state index in [0.29, 0.717) is 13.0 Å². The summed E-state index contributed by atoms with van der Waals surface area (Å²) >= 11 is 3.49. The van der Waals surface area contributed by atoms with E-state index in [9.17, 15) is 0 Å². The van der Waals surface area contributed by atoms with Gasteiger partial charge < -0.3 is 15.0 Å². The Morgan fingerprint density at radius 1 is 1.41 bits per heavy atom. The Bertz CT molecular complexity index is 511. The summed E-state index contributed by atoms with van der Waals surface area (Å²) in [5.41, 5.74) is 7.23. The maximum atomic E-state index is 5.46. The fourth-order valence-corrected chi connectivity index (χ4v) is 2.09. The minimum Gasteiger partial charge on any atom is -0.497 e. The SMILES string of the molecule is COc1ccc(-c2cc(CCN)on2)c(Br)c1. The fraction of sp³-hybridized carbons (Fsp3) is 0.250. The molecule has 0 aliphatic heterocycles. The number of ether oxygens (including phenoxy) is 1. The van der Waals surface area contributed by atoms with Gasteiger partial charge in [0.1, 0.15) is 17.2 Å². The highest BCUT2D eigenvalue weighted by molar-refractivity contribution is 9.10. The molecule has 0 fully saturated rings. The van der Waals surface area contributed by atoms with Gasteiger partial charge >= 0.3 is 0 Å². The Hall–Kier alpha value is -1.33. The Morgan fingerprint density at radius 2 is 2.24 bits per heavy atom. The third-order valence-electron chi connectivity index (χ3n) is 2.40. The van der Waals surface area contributed by atoms with E-state index < -0.39 is 0 Å². The fourth-order valence-electron chi connectivity index (χ4n) is 1.53. The van der Waals surface area contributed by atoms with Crippen LogP contribution >= 0.6 is 15.9 Å². The second-order valence-corrected chi connectivity index (χ2v) is 4.42. The molecule has 2 N–H and O–H groups in total. The molecule has 0 bridgehead atoms. The van der Waals surface area contributed by atoms with Crippen molar-refractivity contribution < 1.29 is 9.26 Å². The number of nitrogens with zero attached hydrogens (tertiary/aromatic N) is 1. The molecule has 2 rings (SSSR count). The molecule has 0 aliphatic rings. The normalized spacial score (nSPS) is 10.5. The summed E-state index contributed by atoms with van der Waals surface area (Å²) in [6.45, 7) is 0.554. The molecule has 0 saturated heterocycles. The van der Waals surface area contributed by atoms with E-state index >= 15 is 0 Å². The highest BCUT2D eigenvalue weighted by Gasteiger charge is 2.10. The molecule has 1 aromatic heterocycles. The zero-order valence-corrected chi connectivity index (χ0v) is 11.0. The molecule has 1 heterocycles. The maximum absolute atomic E-state index is 5.46. The predicted octanol–water partition coefficient (Wildman–Crippen LogP) is 2.61. The Balaban J connectivity index is 2.32. The van der Waals surface area contributed by atoms with E-state index in [1.54, 1.807) is 7.11 Å². The molecule has 4 nitrogen and oxygen atoms in total. The average Bonchev–Trinajstić information content (AvgIpc) is 2.78. The molecule has 5 heteroatoms. The van der Waals surface area contributed by atoms with Crippen molar-refractivity contribution in [1.82, 2.24) is 5.16 Å². The van der Waals surface area contributed by atoms with Crippen LogP contribution in [-0.4, -0.2) is 18.8 Å². The average molecular weight is 297 g/mol. The van der Waals surface area contributed by atoms with Crippen LogP contribution < -0.4 is 10.5 Å². The summed E-state index contributed by atoms with van der Waals surface area (Å²) in [5, 5.41) is 4.02. The third kappa shape index (κ3) is 2.68. The topological polar surface area (TPSA) is 61.3 Å². The zero-order chi connectivity index (χ0) is 12.3. The van der Waals surface area contributed by atoms with Gasteiger partial charge in [-0.2, -0.15) is 0 Å². The quantitative estimate of drug-likeness (QED) is 0.942. The van der Waals surface area contributed by atoms with E-state index in [1.165, 1.54) is 0 Å². The van der Waals surface area contributed by atoms with E-state index in [-0.39, 0.29) is 0 Å². The van der Waals surface area contributed by atoms with E-state index in [4.69, 9.17) is 15.0 Å². The van der Waals surface area contributed by atoms with Gasteiger partial charge in [-0.05, 0) is 40.7 Å². The van der Waals surface area contributed by atoms with Crippen LogP contribution in [0.3, 0.4) is 0 Å². The van der Waals surface area contributed by atoms with Crippen molar-refractivity contribution in [3.05, 3.63) is 34.5 Å². The summed E-state index contributed by atoms with van der Waals surface area (Å²) in [5.74, 6) is 1.59.